The van der Waals surface area contributed by atoms with Crippen molar-refractivity contribution in [2.45, 2.75) is 58.3 Å². The summed E-state index contributed by atoms with van der Waals surface area (Å²) in [5.41, 5.74) is 5.10. The minimum Gasteiger partial charge on any atom is -0.444 e. The maximum atomic E-state index is 11.9. The molecule has 1 fully saturated rings. The Hall–Kier alpha value is -0.850. The first-order valence-electron chi connectivity index (χ1n) is 7.85. The standard InChI is InChI=1S/C15H31N3O3/c1-12(11-16)17-7-10-20-13-5-8-18(9-6-13)14(19)21-15(2,3)4/h12-13,17H,5-11,16H2,1-4H3. The summed E-state index contributed by atoms with van der Waals surface area (Å²) in [4.78, 5) is 13.7. The molecular weight excluding hydrogens is 270 g/mol. The van der Waals surface area contributed by atoms with E-state index < -0.39 is 5.60 Å². The number of nitrogens with one attached hydrogen (secondary N) is 1. The van der Waals surface area contributed by atoms with E-state index in [2.05, 4.69) is 12.2 Å². The summed E-state index contributed by atoms with van der Waals surface area (Å²) in [7, 11) is 0. The number of nitrogens with zero attached hydrogens (tertiary/aromatic N) is 1. The zero-order valence-corrected chi connectivity index (χ0v) is 13.9. The third-order valence-corrected chi connectivity index (χ3v) is 3.40. The Balaban J connectivity index is 2.16. The lowest BCUT2D eigenvalue weighted by atomic mass is 10.1. The summed E-state index contributed by atoms with van der Waals surface area (Å²) < 4.78 is 11.2. The molecule has 0 aliphatic carbocycles. The molecule has 0 aromatic rings. The van der Waals surface area contributed by atoms with Gasteiger partial charge in [-0.15, -0.1) is 0 Å². The van der Waals surface area contributed by atoms with Crippen molar-refractivity contribution in [3.05, 3.63) is 0 Å². The van der Waals surface area contributed by atoms with Crippen LogP contribution in [0.25, 0.3) is 0 Å². The Morgan fingerprint density at radius 1 is 1.38 bits per heavy atom. The molecule has 1 aliphatic rings. The van der Waals surface area contributed by atoms with Gasteiger partial charge in [0.1, 0.15) is 5.60 Å². The molecule has 1 heterocycles. The van der Waals surface area contributed by atoms with E-state index in [0.717, 1.165) is 19.4 Å². The zero-order valence-electron chi connectivity index (χ0n) is 13.9. The third kappa shape index (κ3) is 7.64. The number of hydrogen-bond donors (Lipinski definition) is 2. The van der Waals surface area contributed by atoms with E-state index in [9.17, 15) is 4.79 Å². The number of carbonyl (C=O) groups is 1. The van der Waals surface area contributed by atoms with E-state index in [4.69, 9.17) is 15.2 Å². The fourth-order valence-electron chi connectivity index (χ4n) is 2.15. The molecule has 0 spiro atoms. The summed E-state index contributed by atoms with van der Waals surface area (Å²) >= 11 is 0. The molecule has 1 aliphatic heterocycles. The number of piperidine rings is 1. The molecule has 0 radical (unpaired) electrons. The lowest BCUT2D eigenvalue weighted by Gasteiger charge is -2.33. The quantitative estimate of drug-likeness (QED) is 0.724. The van der Waals surface area contributed by atoms with Gasteiger partial charge >= 0.3 is 6.09 Å². The summed E-state index contributed by atoms with van der Waals surface area (Å²) in [5.74, 6) is 0. The first-order valence-corrected chi connectivity index (χ1v) is 7.85. The van der Waals surface area contributed by atoms with Gasteiger partial charge in [0, 0.05) is 32.2 Å². The van der Waals surface area contributed by atoms with Crippen molar-refractivity contribution < 1.29 is 14.3 Å². The molecule has 1 amide bonds. The van der Waals surface area contributed by atoms with Gasteiger partial charge in [-0.3, -0.25) is 0 Å². The van der Waals surface area contributed by atoms with Crippen LogP contribution in [0, 0.1) is 0 Å². The Bertz CT molecular complexity index is 310. The Kier molecular flexibility index (Phi) is 7.42. The maximum Gasteiger partial charge on any atom is 0.410 e. The molecule has 6 nitrogen and oxygen atoms in total. The minimum atomic E-state index is -0.435. The van der Waals surface area contributed by atoms with Crippen molar-refractivity contribution in [1.29, 1.82) is 0 Å². The predicted octanol–water partition coefficient (Wildman–Crippen LogP) is 1.34. The molecule has 0 aromatic carbocycles. The highest BCUT2D eigenvalue weighted by atomic mass is 16.6. The van der Waals surface area contributed by atoms with Crippen LogP contribution in [0.3, 0.4) is 0 Å². The highest BCUT2D eigenvalue weighted by Gasteiger charge is 2.26. The van der Waals surface area contributed by atoms with Gasteiger partial charge < -0.3 is 25.4 Å². The van der Waals surface area contributed by atoms with E-state index in [-0.39, 0.29) is 12.2 Å². The van der Waals surface area contributed by atoms with Gasteiger partial charge in [-0.2, -0.15) is 0 Å². The van der Waals surface area contributed by atoms with Crippen molar-refractivity contribution in [3.8, 4) is 0 Å². The number of amides is 1. The van der Waals surface area contributed by atoms with Crippen LogP contribution >= 0.6 is 0 Å². The van der Waals surface area contributed by atoms with Crippen LogP contribution < -0.4 is 11.1 Å². The van der Waals surface area contributed by atoms with Crippen molar-refractivity contribution in [3.63, 3.8) is 0 Å². The molecule has 0 bridgehead atoms. The average molecular weight is 301 g/mol. The highest BCUT2D eigenvalue weighted by Crippen LogP contribution is 2.17. The minimum absolute atomic E-state index is 0.223. The third-order valence-electron chi connectivity index (χ3n) is 3.40. The zero-order chi connectivity index (χ0) is 15.9. The fourth-order valence-corrected chi connectivity index (χ4v) is 2.15. The van der Waals surface area contributed by atoms with Gasteiger partial charge in [0.25, 0.3) is 0 Å². The number of ether oxygens (including phenoxy) is 2. The molecule has 0 saturated carbocycles. The topological polar surface area (TPSA) is 76.8 Å². The molecule has 3 N–H and O–H groups in total. The molecule has 1 atom stereocenters. The van der Waals surface area contributed by atoms with E-state index in [1.165, 1.54) is 0 Å². The van der Waals surface area contributed by atoms with Crippen LogP contribution in [0.1, 0.15) is 40.5 Å². The first kappa shape index (κ1) is 18.2. The second-order valence-electron chi connectivity index (χ2n) is 6.63. The molecule has 0 aromatic heterocycles. The molecule has 124 valence electrons. The second-order valence-corrected chi connectivity index (χ2v) is 6.63. The van der Waals surface area contributed by atoms with Crippen molar-refractivity contribution >= 4 is 6.09 Å². The highest BCUT2D eigenvalue weighted by molar-refractivity contribution is 5.68. The number of nitrogens with two attached hydrogens (primary N) is 1. The van der Waals surface area contributed by atoms with Crippen LogP contribution in [0.2, 0.25) is 0 Å². The van der Waals surface area contributed by atoms with Gasteiger partial charge in [0.05, 0.1) is 12.7 Å². The van der Waals surface area contributed by atoms with E-state index in [0.29, 0.717) is 32.3 Å². The largest absolute Gasteiger partial charge is 0.444 e. The van der Waals surface area contributed by atoms with E-state index in [1.54, 1.807) is 4.90 Å². The average Bonchev–Trinajstić information content (AvgIpc) is 2.42. The van der Waals surface area contributed by atoms with Gasteiger partial charge in [-0.05, 0) is 40.5 Å². The van der Waals surface area contributed by atoms with Crippen LogP contribution in [0.4, 0.5) is 4.79 Å². The smallest absolute Gasteiger partial charge is 0.410 e. The molecule has 1 unspecified atom stereocenters. The number of hydrogen-bond acceptors (Lipinski definition) is 5. The van der Waals surface area contributed by atoms with Crippen LogP contribution in [0.15, 0.2) is 0 Å². The van der Waals surface area contributed by atoms with Gasteiger partial charge in [0.2, 0.25) is 0 Å². The van der Waals surface area contributed by atoms with E-state index in [1.807, 2.05) is 20.8 Å². The Morgan fingerprint density at radius 3 is 2.52 bits per heavy atom. The molecular formula is C15H31N3O3. The summed E-state index contributed by atoms with van der Waals surface area (Å²) in [6.07, 6.45) is 1.75. The lowest BCUT2D eigenvalue weighted by Crippen LogP contribution is -2.44. The lowest BCUT2D eigenvalue weighted by molar-refractivity contribution is -0.0107. The van der Waals surface area contributed by atoms with Crippen LogP contribution in [-0.2, 0) is 9.47 Å². The van der Waals surface area contributed by atoms with Crippen LogP contribution in [0.5, 0.6) is 0 Å². The first-order chi connectivity index (χ1) is 9.81. The van der Waals surface area contributed by atoms with Gasteiger partial charge in [-0.25, -0.2) is 4.79 Å². The number of likely N-dealkylation sites (tertiary alicyclic amines) is 1. The fraction of sp³-hybridized carbons (Fsp3) is 0.933. The summed E-state index contributed by atoms with van der Waals surface area (Å²) in [6, 6.07) is 0.322. The molecule has 1 saturated heterocycles. The summed E-state index contributed by atoms with van der Waals surface area (Å²) in [5, 5.41) is 3.29. The maximum absolute atomic E-state index is 11.9. The normalized spacial score (nSPS) is 18.6. The van der Waals surface area contributed by atoms with Gasteiger partial charge in [0.15, 0.2) is 0 Å². The monoisotopic (exact) mass is 301 g/mol. The van der Waals surface area contributed by atoms with Gasteiger partial charge in [-0.1, -0.05) is 0 Å². The van der Waals surface area contributed by atoms with Crippen molar-refractivity contribution in [2.75, 3.05) is 32.8 Å². The van der Waals surface area contributed by atoms with Crippen molar-refractivity contribution in [1.82, 2.24) is 10.2 Å². The molecule has 6 heteroatoms. The molecule has 21 heavy (non-hydrogen) atoms. The van der Waals surface area contributed by atoms with E-state index >= 15 is 0 Å². The number of rotatable bonds is 6. The second kappa shape index (κ2) is 8.56. The van der Waals surface area contributed by atoms with Crippen LogP contribution in [-0.4, -0.2) is 61.5 Å². The SMILES string of the molecule is CC(CN)NCCOC1CCN(C(=O)OC(C)(C)C)CC1. The Labute approximate surface area is 128 Å². The molecule has 1 rings (SSSR count). The Morgan fingerprint density at radius 2 is 2.00 bits per heavy atom. The van der Waals surface area contributed by atoms with Crippen molar-refractivity contribution in [2.24, 2.45) is 5.73 Å². The number of carbonyl (C=O) groups excluding carboxylic acids is 1. The predicted molar refractivity (Wildman–Crippen MR) is 83.3 cm³/mol. The summed E-state index contributed by atoms with van der Waals surface area (Å²) in [6.45, 7) is 11.2.